The van der Waals surface area contributed by atoms with E-state index in [-0.39, 0.29) is 42.7 Å². The van der Waals surface area contributed by atoms with Gasteiger partial charge in [0.1, 0.15) is 5.82 Å². The van der Waals surface area contributed by atoms with Gasteiger partial charge in [-0.1, -0.05) is 214 Å². The van der Waals surface area contributed by atoms with E-state index in [1.165, 1.54) is 33.4 Å². The van der Waals surface area contributed by atoms with Crippen molar-refractivity contribution >= 4 is 33.2 Å². The van der Waals surface area contributed by atoms with Crippen molar-refractivity contribution in [2.45, 2.75) is 85.5 Å². The Morgan fingerprint density at radius 3 is 1.68 bits per heavy atom. The van der Waals surface area contributed by atoms with Crippen LogP contribution in [-0.4, -0.2) is 9.55 Å². The summed E-state index contributed by atoms with van der Waals surface area (Å²) < 4.78 is 9.35. The van der Waals surface area contributed by atoms with Crippen LogP contribution >= 0.6 is 0 Å². The fourth-order valence-corrected chi connectivity index (χ4v) is 10.5. The predicted octanol–water partition coefficient (Wildman–Crippen LogP) is 18.2. The molecule has 0 aliphatic carbocycles. The molecule has 0 amide bonds. The van der Waals surface area contributed by atoms with Gasteiger partial charge in [-0.05, 0) is 97.3 Å². The molecule has 0 radical (unpaired) electrons. The number of allylic oxidation sites excluding steroid dienone is 1. The number of nitrogens with zero attached hydrogens (tertiary/aromatic N) is 4. The molecule has 0 atom stereocenters. The first-order valence-electron chi connectivity index (χ1n) is 26.2. The molecule has 5 nitrogen and oxygen atoms in total. The molecule has 10 aromatic rings. The zero-order valence-corrected chi connectivity index (χ0v) is 47.5. The number of hydrogen-bond acceptors (Lipinski definition) is 4. The third-order valence-corrected chi connectivity index (χ3v) is 15.2. The summed E-state index contributed by atoms with van der Waals surface area (Å²) in [5, 5.41) is 2.18. The number of hydrogen-bond donors (Lipinski definition) is 0. The second-order valence-corrected chi connectivity index (χ2v) is 23.2. The van der Waals surface area contributed by atoms with E-state index in [4.69, 9.17) is 9.72 Å². The molecule has 1 aliphatic heterocycles. The summed E-state index contributed by atoms with van der Waals surface area (Å²) in [6.45, 7) is 25.0. The summed E-state index contributed by atoms with van der Waals surface area (Å²) in [5.41, 5.74) is 14.8. The first-order chi connectivity index (χ1) is 35.9. The van der Waals surface area contributed by atoms with Crippen LogP contribution in [0, 0.1) is 24.2 Å². The molecule has 0 saturated heterocycles. The molecule has 1 aliphatic rings. The van der Waals surface area contributed by atoms with Crippen molar-refractivity contribution in [3.05, 3.63) is 259 Å². The molecule has 0 bridgehead atoms. The summed E-state index contributed by atoms with van der Waals surface area (Å²) in [6.07, 6.45) is 4.22. The molecular weight excluding hydrogens is 1110 g/mol. The van der Waals surface area contributed by atoms with Crippen LogP contribution in [0.2, 0.25) is 0 Å². The minimum atomic E-state index is -0.388. The number of fused-ring (bicyclic) bond motifs is 3. The molecule has 0 unspecified atom stereocenters. The molecule has 2 aromatic heterocycles. The van der Waals surface area contributed by atoms with Gasteiger partial charge in [0.05, 0.1) is 0 Å². The minimum Gasteiger partial charge on any atom is -0.509 e. The zero-order valence-electron chi connectivity index (χ0n) is 45.2. The van der Waals surface area contributed by atoms with Crippen LogP contribution in [0.25, 0.3) is 49.9 Å². The first-order valence-corrected chi connectivity index (χ1v) is 26.2. The maximum absolute atomic E-state index is 7.11. The fraction of sp³-hybridized carbons (Fsp3) is 0.200. The van der Waals surface area contributed by atoms with Crippen molar-refractivity contribution in [3.8, 4) is 39.6 Å². The number of benzene rings is 8. The molecule has 0 saturated carbocycles. The standard InChI is InChI=1S/C70H65N4O.Pt/c1-67(2,3)55-37-51(49-25-17-12-18-26-49)38-57(40-55)72-46-65(68(4,5)6)73(47-72)58-41-56(70(9,10)53-29-21-14-22-30-53)42-60(44-58)75-59-32-33-61-62-39-50(48-23-15-11-16-24-48)31-34-63(62)74(64(61)45-59)66-43-54(35-36-71-66)69(7,8)52-27-19-13-20-28-52;/h11-43,46-47H,1-10H3;/q-3;. The average molecular weight is 1170 g/mol. The van der Waals surface area contributed by atoms with Crippen molar-refractivity contribution in [2.24, 2.45) is 5.41 Å². The van der Waals surface area contributed by atoms with Gasteiger partial charge in [-0.2, -0.15) is 6.07 Å². The molecule has 0 spiro atoms. The summed E-state index contributed by atoms with van der Waals surface area (Å²) in [7, 11) is 0. The Balaban J connectivity index is 0.00000657. The van der Waals surface area contributed by atoms with Crippen LogP contribution < -0.4 is 14.5 Å². The van der Waals surface area contributed by atoms with Gasteiger partial charge >= 0.3 is 0 Å². The Morgan fingerprint density at radius 1 is 0.461 bits per heavy atom. The average Bonchev–Trinajstić information content (AvgIpc) is 4.05. The van der Waals surface area contributed by atoms with Gasteiger partial charge in [-0.25, -0.2) is 4.98 Å². The van der Waals surface area contributed by atoms with Crippen LogP contribution in [-0.2, 0) is 37.3 Å². The van der Waals surface area contributed by atoms with Crippen molar-refractivity contribution in [2.75, 3.05) is 9.80 Å². The number of rotatable bonds is 11. The van der Waals surface area contributed by atoms with Crippen LogP contribution in [0.5, 0.6) is 11.5 Å². The van der Waals surface area contributed by atoms with Crippen LogP contribution in [0.1, 0.15) is 97.1 Å². The molecule has 0 N–H and O–H groups in total. The van der Waals surface area contributed by atoms with Gasteiger partial charge in [0.15, 0.2) is 0 Å². The Morgan fingerprint density at radius 2 is 1.07 bits per heavy atom. The molecular formula is C70H65N4OPt-3. The predicted molar refractivity (Wildman–Crippen MR) is 313 cm³/mol. The molecule has 384 valence electrons. The molecule has 0 fully saturated rings. The summed E-state index contributed by atoms with van der Waals surface area (Å²) in [5.74, 6) is 2.00. The third-order valence-electron chi connectivity index (χ3n) is 15.2. The second kappa shape index (κ2) is 20.2. The Kier molecular flexibility index (Phi) is 13.9. The SMILES string of the molecule is CC(C)(C)C1=CN(c2cc(-c3ccccc3)cc(C(C)(C)C)c2)[CH-]N1c1[c-]c(Oc2[c-]c3c(cc2)c2cc(-c4ccccc4)ccc2n3-c2cc(C(C)(C)c3ccccc3)ccn2)cc(C(C)(C)c2ccccc2)c1.[Pt]. The second-order valence-electron chi connectivity index (χ2n) is 23.2. The molecule has 6 heteroatoms. The van der Waals surface area contributed by atoms with Gasteiger partial charge in [0, 0.05) is 66.5 Å². The van der Waals surface area contributed by atoms with Gasteiger partial charge in [0.25, 0.3) is 0 Å². The maximum Gasteiger partial charge on any atom is 0.135 e. The zero-order chi connectivity index (χ0) is 52.3. The first kappa shape index (κ1) is 52.0. The normalized spacial score (nSPS) is 13.3. The van der Waals surface area contributed by atoms with Crippen molar-refractivity contribution in [1.82, 2.24) is 9.55 Å². The van der Waals surface area contributed by atoms with Gasteiger partial charge < -0.3 is 19.1 Å². The Labute approximate surface area is 464 Å². The van der Waals surface area contributed by atoms with E-state index < -0.39 is 0 Å². The summed E-state index contributed by atoms with van der Waals surface area (Å²) in [6, 6.07) is 77.0. The van der Waals surface area contributed by atoms with Gasteiger partial charge in [-0.3, -0.25) is 0 Å². The molecule has 76 heavy (non-hydrogen) atoms. The molecule has 11 rings (SSSR count). The van der Waals surface area contributed by atoms with Gasteiger partial charge in [-0.15, -0.1) is 53.6 Å². The molecule has 8 aromatic carbocycles. The number of anilines is 2. The smallest absolute Gasteiger partial charge is 0.135 e. The van der Waals surface area contributed by atoms with E-state index in [1.54, 1.807) is 0 Å². The number of pyridine rings is 1. The van der Waals surface area contributed by atoms with E-state index >= 15 is 0 Å². The molecule has 3 heterocycles. The number of ether oxygens (including phenoxy) is 1. The maximum atomic E-state index is 7.11. The van der Waals surface area contributed by atoms with Crippen LogP contribution in [0.4, 0.5) is 11.4 Å². The monoisotopic (exact) mass is 1170 g/mol. The fourth-order valence-electron chi connectivity index (χ4n) is 10.5. The largest absolute Gasteiger partial charge is 0.509 e. The Hall–Kier alpha value is -7.46. The Bertz CT molecular complexity index is 3730. The summed E-state index contributed by atoms with van der Waals surface area (Å²) in [4.78, 5) is 9.65. The topological polar surface area (TPSA) is 33.5 Å². The van der Waals surface area contributed by atoms with Crippen molar-refractivity contribution in [1.29, 1.82) is 0 Å². The number of aromatic nitrogens is 2. The van der Waals surface area contributed by atoms with E-state index in [0.717, 1.165) is 61.4 Å². The third kappa shape index (κ3) is 10.1. The minimum absolute atomic E-state index is 0. The van der Waals surface area contributed by atoms with Crippen LogP contribution in [0.15, 0.2) is 212 Å². The van der Waals surface area contributed by atoms with Crippen molar-refractivity contribution < 1.29 is 25.8 Å². The van der Waals surface area contributed by atoms with Crippen LogP contribution in [0.3, 0.4) is 0 Å². The quantitative estimate of drug-likeness (QED) is 0.121. The summed E-state index contributed by atoms with van der Waals surface area (Å²) >= 11 is 0. The van der Waals surface area contributed by atoms with Crippen molar-refractivity contribution in [3.63, 3.8) is 0 Å². The van der Waals surface area contributed by atoms with E-state index in [9.17, 15) is 0 Å². The van der Waals surface area contributed by atoms with E-state index in [0.29, 0.717) is 11.5 Å². The van der Waals surface area contributed by atoms with E-state index in [1.807, 2.05) is 12.3 Å². The van der Waals surface area contributed by atoms with Gasteiger partial charge in [0.2, 0.25) is 0 Å². The van der Waals surface area contributed by atoms with E-state index in [2.05, 4.69) is 297 Å².